The number of hydrogen-bond donors (Lipinski definition) is 0. The zero-order valence-electron chi connectivity index (χ0n) is 26.6. The van der Waals surface area contributed by atoms with E-state index in [1.165, 1.54) is 33.4 Å². The topological polar surface area (TPSA) is 43.2 Å². The molecular formula is C43H36N2O2. The molecule has 0 heterocycles. The van der Waals surface area contributed by atoms with E-state index >= 15 is 0 Å². The molecule has 0 aliphatic heterocycles. The van der Waals surface area contributed by atoms with Crippen LogP contribution in [0.4, 0.5) is 11.4 Å². The Morgan fingerprint density at radius 3 is 1.23 bits per heavy atom. The highest BCUT2D eigenvalue weighted by atomic mass is 16.5. The smallest absolute Gasteiger partial charge is 0.119 e. The normalized spacial score (nSPS) is 13.1. The molecule has 7 rings (SSSR count). The molecule has 0 radical (unpaired) electrons. The van der Waals surface area contributed by atoms with Gasteiger partial charge in [0.05, 0.1) is 30.0 Å². The van der Waals surface area contributed by atoms with Gasteiger partial charge in [-0.15, -0.1) is 0 Å². The highest BCUT2D eigenvalue weighted by Gasteiger charge is 2.45. The molecule has 0 saturated carbocycles. The van der Waals surface area contributed by atoms with Crippen LogP contribution >= 0.6 is 0 Å². The van der Waals surface area contributed by atoms with E-state index in [0.717, 1.165) is 34.0 Å². The maximum absolute atomic E-state index is 5.57. The second-order valence-corrected chi connectivity index (χ2v) is 11.5. The van der Waals surface area contributed by atoms with Crippen molar-refractivity contribution >= 4 is 23.8 Å². The van der Waals surface area contributed by atoms with Crippen LogP contribution in [0, 0.1) is 0 Å². The van der Waals surface area contributed by atoms with Crippen LogP contribution in [0.3, 0.4) is 0 Å². The third kappa shape index (κ3) is 5.86. The minimum absolute atomic E-state index is 0.484. The summed E-state index contributed by atoms with van der Waals surface area (Å²) in [5.41, 5.74) is 10.8. The maximum atomic E-state index is 5.57. The van der Waals surface area contributed by atoms with Gasteiger partial charge in [0.2, 0.25) is 0 Å². The Morgan fingerprint density at radius 1 is 0.468 bits per heavy atom. The minimum Gasteiger partial charge on any atom is -0.494 e. The van der Waals surface area contributed by atoms with Crippen LogP contribution in [-0.2, 0) is 5.41 Å². The third-order valence-electron chi connectivity index (χ3n) is 8.66. The predicted molar refractivity (Wildman–Crippen MR) is 193 cm³/mol. The predicted octanol–water partition coefficient (Wildman–Crippen LogP) is 10.3. The van der Waals surface area contributed by atoms with Gasteiger partial charge in [0, 0.05) is 12.4 Å². The lowest BCUT2D eigenvalue weighted by Crippen LogP contribution is -2.28. The number of ether oxygens (including phenoxy) is 2. The molecule has 0 unspecified atom stereocenters. The van der Waals surface area contributed by atoms with Crippen molar-refractivity contribution in [3.05, 3.63) is 179 Å². The van der Waals surface area contributed by atoms with E-state index in [1.54, 1.807) is 0 Å². The zero-order chi connectivity index (χ0) is 32.1. The molecule has 0 spiro atoms. The zero-order valence-corrected chi connectivity index (χ0v) is 26.6. The largest absolute Gasteiger partial charge is 0.494 e. The van der Waals surface area contributed by atoms with Gasteiger partial charge in [0.25, 0.3) is 0 Å². The molecule has 0 N–H and O–H groups in total. The summed E-state index contributed by atoms with van der Waals surface area (Å²) < 4.78 is 11.1. The van der Waals surface area contributed by atoms with E-state index in [4.69, 9.17) is 19.5 Å². The lowest BCUT2D eigenvalue weighted by Gasteiger charge is -2.34. The van der Waals surface area contributed by atoms with Gasteiger partial charge in [-0.3, -0.25) is 9.98 Å². The van der Waals surface area contributed by atoms with Gasteiger partial charge in [-0.1, -0.05) is 72.8 Å². The fraction of sp³-hybridized carbons (Fsp3) is 0.116. The van der Waals surface area contributed by atoms with Crippen molar-refractivity contribution in [2.45, 2.75) is 19.3 Å². The molecule has 1 aliphatic rings. The second-order valence-electron chi connectivity index (χ2n) is 11.5. The average molecular weight is 613 g/mol. The molecule has 6 aromatic rings. The van der Waals surface area contributed by atoms with Crippen molar-refractivity contribution in [1.82, 2.24) is 0 Å². The summed E-state index contributed by atoms with van der Waals surface area (Å²) in [5, 5.41) is 0. The Bertz CT molecular complexity index is 1870. The van der Waals surface area contributed by atoms with Crippen molar-refractivity contribution in [3.8, 4) is 22.6 Å². The van der Waals surface area contributed by atoms with Gasteiger partial charge in [-0.2, -0.15) is 0 Å². The van der Waals surface area contributed by atoms with Crippen LogP contribution < -0.4 is 9.47 Å². The molecule has 0 bridgehead atoms. The SMILES string of the molecule is CCOc1ccc(C=Nc2ccc(C3(c4ccc(N=Cc5ccc(OCC)cc5)cc4)c4ccccc4-c4ccccc43)cc2)cc1. The monoisotopic (exact) mass is 612 g/mol. The van der Waals surface area contributed by atoms with E-state index < -0.39 is 5.41 Å². The number of benzene rings is 6. The van der Waals surface area contributed by atoms with Gasteiger partial charge in [-0.25, -0.2) is 0 Å². The van der Waals surface area contributed by atoms with E-state index in [1.807, 2.05) is 74.8 Å². The van der Waals surface area contributed by atoms with Gasteiger partial charge < -0.3 is 9.47 Å². The summed E-state index contributed by atoms with van der Waals surface area (Å²) in [6.07, 6.45) is 3.79. The summed E-state index contributed by atoms with van der Waals surface area (Å²) in [6.45, 7) is 5.28. The van der Waals surface area contributed by atoms with Crippen LogP contribution in [0.2, 0.25) is 0 Å². The van der Waals surface area contributed by atoms with Crippen molar-refractivity contribution in [1.29, 1.82) is 0 Å². The lowest BCUT2D eigenvalue weighted by atomic mass is 9.67. The minimum atomic E-state index is -0.484. The Kier molecular flexibility index (Phi) is 8.48. The number of aliphatic imine (C=N–C) groups is 2. The van der Waals surface area contributed by atoms with Crippen LogP contribution in [-0.4, -0.2) is 25.6 Å². The summed E-state index contributed by atoms with van der Waals surface area (Å²) in [7, 11) is 0. The molecule has 6 aromatic carbocycles. The summed E-state index contributed by atoms with van der Waals surface area (Å²) in [6, 6.07) is 50.9. The highest BCUT2D eigenvalue weighted by Crippen LogP contribution is 2.56. The summed E-state index contributed by atoms with van der Waals surface area (Å²) in [4.78, 5) is 9.57. The van der Waals surface area contributed by atoms with E-state index in [-0.39, 0.29) is 0 Å². The van der Waals surface area contributed by atoms with Crippen molar-refractivity contribution in [3.63, 3.8) is 0 Å². The van der Waals surface area contributed by atoms with E-state index in [9.17, 15) is 0 Å². The third-order valence-corrected chi connectivity index (χ3v) is 8.66. The van der Waals surface area contributed by atoms with Crippen LogP contribution in [0.15, 0.2) is 156 Å². The lowest BCUT2D eigenvalue weighted by molar-refractivity contribution is 0.340. The Labute approximate surface area is 276 Å². The Morgan fingerprint density at radius 2 is 0.851 bits per heavy atom. The maximum Gasteiger partial charge on any atom is 0.119 e. The molecule has 0 amide bonds. The number of rotatable bonds is 10. The van der Waals surface area contributed by atoms with Gasteiger partial charge >= 0.3 is 0 Å². The fourth-order valence-corrected chi connectivity index (χ4v) is 6.55. The summed E-state index contributed by atoms with van der Waals surface area (Å²) in [5.74, 6) is 1.73. The molecule has 47 heavy (non-hydrogen) atoms. The van der Waals surface area contributed by atoms with Crippen molar-refractivity contribution in [2.24, 2.45) is 9.98 Å². The number of fused-ring (bicyclic) bond motifs is 3. The van der Waals surface area contributed by atoms with Crippen LogP contribution in [0.25, 0.3) is 11.1 Å². The number of nitrogens with zero attached hydrogens (tertiary/aromatic N) is 2. The standard InChI is InChI=1S/C43H36N2O2/c1-3-46-37-25-13-31(14-26-37)29-44-35-21-17-33(18-22-35)43(41-11-7-5-9-39(41)40-10-6-8-12-42(40)43)34-19-23-36(24-20-34)45-30-32-15-27-38(28-16-32)47-4-2/h5-30H,3-4H2,1-2H3. The Hall–Kier alpha value is -5.74. The highest BCUT2D eigenvalue weighted by molar-refractivity contribution is 5.87. The fourth-order valence-electron chi connectivity index (χ4n) is 6.55. The van der Waals surface area contributed by atoms with E-state index in [0.29, 0.717) is 13.2 Å². The second kappa shape index (κ2) is 13.3. The average Bonchev–Trinajstić information content (AvgIpc) is 3.43. The Balaban J connectivity index is 1.25. The van der Waals surface area contributed by atoms with Crippen molar-refractivity contribution < 1.29 is 9.47 Å². The first-order valence-electron chi connectivity index (χ1n) is 16.1. The van der Waals surface area contributed by atoms with Gasteiger partial charge in [0.1, 0.15) is 11.5 Å². The molecule has 1 aliphatic carbocycles. The molecule has 0 saturated heterocycles. The van der Waals surface area contributed by atoms with E-state index in [2.05, 4.69) is 97.1 Å². The molecule has 4 heteroatoms. The van der Waals surface area contributed by atoms with Crippen molar-refractivity contribution in [2.75, 3.05) is 13.2 Å². The molecule has 0 aromatic heterocycles. The molecule has 0 fully saturated rings. The number of hydrogen-bond acceptors (Lipinski definition) is 4. The molecule has 230 valence electrons. The first-order valence-corrected chi connectivity index (χ1v) is 16.1. The summed E-state index contributed by atoms with van der Waals surface area (Å²) >= 11 is 0. The molecule has 0 atom stereocenters. The first-order chi connectivity index (χ1) is 23.2. The van der Waals surface area contributed by atoms with Crippen LogP contribution in [0.5, 0.6) is 11.5 Å². The molecular weight excluding hydrogens is 576 g/mol. The van der Waals surface area contributed by atoms with Crippen LogP contribution in [0.1, 0.15) is 47.2 Å². The quantitative estimate of drug-likeness (QED) is 0.144. The molecule has 4 nitrogen and oxygen atoms in total. The van der Waals surface area contributed by atoms with Gasteiger partial charge in [-0.05, 0) is 131 Å². The first kappa shape index (κ1) is 29.9. The van der Waals surface area contributed by atoms with Gasteiger partial charge in [0.15, 0.2) is 0 Å².